The first kappa shape index (κ1) is 16.1. The number of aliphatic hydroxyl groups is 1. The van der Waals surface area contributed by atoms with Gasteiger partial charge in [-0.3, -0.25) is 9.89 Å². The Bertz CT molecular complexity index is 381. The smallest absolute Gasteiger partial charge is 0.193 e. The van der Waals surface area contributed by atoms with Crippen LogP contribution in [0.2, 0.25) is 0 Å². The maximum atomic E-state index is 9.97. The van der Waals surface area contributed by atoms with Gasteiger partial charge in [0.2, 0.25) is 0 Å². The minimum Gasteiger partial charge on any atom is -0.393 e. The van der Waals surface area contributed by atoms with Crippen molar-refractivity contribution in [3.8, 4) is 0 Å². The summed E-state index contributed by atoms with van der Waals surface area (Å²) in [5.74, 6) is 1.42. The summed E-state index contributed by atoms with van der Waals surface area (Å²) >= 11 is 0. The molecule has 3 unspecified atom stereocenters. The second-order valence-electron chi connectivity index (χ2n) is 7.08. The SMILES string of the molecule is CCNC(=NCC1CCCC1O)N1CCC(N2CCCC2)C1. The van der Waals surface area contributed by atoms with Crippen molar-refractivity contribution < 1.29 is 5.11 Å². The molecule has 2 N–H and O–H groups in total. The van der Waals surface area contributed by atoms with Gasteiger partial charge in [0.1, 0.15) is 0 Å². The molecule has 1 aliphatic carbocycles. The molecule has 0 aromatic heterocycles. The van der Waals surface area contributed by atoms with Crippen molar-refractivity contribution in [2.45, 2.75) is 57.6 Å². The summed E-state index contributed by atoms with van der Waals surface area (Å²) in [6.07, 6.45) is 7.09. The zero-order valence-electron chi connectivity index (χ0n) is 14.0. The highest BCUT2D eigenvalue weighted by atomic mass is 16.3. The van der Waals surface area contributed by atoms with E-state index in [0.29, 0.717) is 12.0 Å². The van der Waals surface area contributed by atoms with Crippen LogP contribution in [-0.4, -0.2) is 72.3 Å². The normalized spacial score (nSPS) is 33.8. The molecule has 22 heavy (non-hydrogen) atoms. The first-order valence-electron chi connectivity index (χ1n) is 9.23. The van der Waals surface area contributed by atoms with Crippen molar-refractivity contribution in [1.29, 1.82) is 0 Å². The van der Waals surface area contributed by atoms with Gasteiger partial charge in [-0.25, -0.2) is 0 Å². The molecule has 5 heteroatoms. The molecule has 3 rings (SSSR count). The Balaban J connectivity index is 1.56. The molecule has 0 aromatic rings. The van der Waals surface area contributed by atoms with Crippen LogP contribution >= 0.6 is 0 Å². The number of hydrogen-bond donors (Lipinski definition) is 2. The summed E-state index contributed by atoms with van der Waals surface area (Å²) in [5.41, 5.74) is 0. The van der Waals surface area contributed by atoms with Gasteiger partial charge in [-0.05, 0) is 52.1 Å². The Labute approximate surface area is 134 Å². The molecule has 0 radical (unpaired) electrons. The van der Waals surface area contributed by atoms with Crippen LogP contribution in [0.4, 0.5) is 0 Å². The topological polar surface area (TPSA) is 51.1 Å². The number of nitrogens with one attached hydrogen (secondary N) is 1. The van der Waals surface area contributed by atoms with E-state index in [0.717, 1.165) is 51.4 Å². The lowest BCUT2D eigenvalue weighted by Crippen LogP contribution is -2.43. The van der Waals surface area contributed by atoms with Gasteiger partial charge >= 0.3 is 0 Å². The molecule has 0 amide bonds. The monoisotopic (exact) mass is 308 g/mol. The summed E-state index contributed by atoms with van der Waals surface area (Å²) in [6.45, 7) is 8.60. The zero-order valence-corrected chi connectivity index (χ0v) is 14.0. The Hall–Kier alpha value is -0.810. The van der Waals surface area contributed by atoms with Crippen molar-refractivity contribution in [2.24, 2.45) is 10.9 Å². The van der Waals surface area contributed by atoms with E-state index in [-0.39, 0.29) is 6.10 Å². The highest BCUT2D eigenvalue weighted by Gasteiger charge is 2.31. The Kier molecular flexibility index (Phi) is 5.58. The molecular formula is C17H32N4O. The van der Waals surface area contributed by atoms with Gasteiger partial charge in [-0.1, -0.05) is 6.42 Å². The van der Waals surface area contributed by atoms with E-state index in [4.69, 9.17) is 4.99 Å². The molecule has 0 aromatic carbocycles. The van der Waals surface area contributed by atoms with E-state index in [9.17, 15) is 5.11 Å². The molecule has 5 nitrogen and oxygen atoms in total. The number of hydrogen-bond acceptors (Lipinski definition) is 3. The molecule has 3 aliphatic rings. The molecule has 3 fully saturated rings. The van der Waals surface area contributed by atoms with E-state index >= 15 is 0 Å². The predicted molar refractivity (Wildman–Crippen MR) is 90.1 cm³/mol. The lowest BCUT2D eigenvalue weighted by atomic mass is 10.1. The van der Waals surface area contributed by atoms with Crippen LogP contribution in [0, 0.1) is 5.92 Å². The van der Waals surface area contributed by atoms with E-state index in [1.54, 1.807) is 0 Å². The van der Waals surface area contributed by atoms with Crippen LogP contribution < -0.4 is 5.32 Å². The quantitative estimate of drug-likeness (QED) is 0.607. The standard InChI is InChI=1S/C17H32N4O/c1-2-18-17(19-12-14-6-5-7-16(14)22)21-11-8-15(13-21)20-9-3-4-10-20/h14-16,22H,2-13H2,1H3,(H,18,19). The fourth-order valence-corrected chi connectivity index (χ4v) is 4.20. The summed E-state index contributed by atoms with van der Waals surface area (Å²) in [4.78, 5) is 9.92. The lowest BCUT2D eigenvalue weighted by molar-refractivity contribution is 0.136. The van der Waals surface area contributed by atoms with E-state index < -0.39 is 0 Å². The van der Waals surface area contributed by atoms with E-state index in [1.165, 1.54) is 32.4 Å². The second-order valence-corrected chi connectivity index (χ2v) is 7.08. The van der Waals surface area contributed by atoms with E-state index in [2.05, 4.69) is 22.0 Å². The molecule has 2 aliphatic heterocycles. The highest BCUT2D eigenvalue weighted by molar-refractivity contribution is 5.80. The fraction of sp³-hybridized carbons (Fsp3) is 0.941. The van der Waals surface area contributed by atoms with Gasteiger partial charge < -0.3 is 15.3 Å². The van der Waals surface area contributed by atoms with Crippen molar-refractivity contribution in [3.05, 3.63) is 0 Å². The van der Waals surface area contributed by atoms with Crippen molar-refractivity contribution in [3.63, 3.8) is 0 Å². The van der Waals surface area contributed by atoms with Gasteiger partial charge in [0.05, 0.1) is 6.10 Å². The number of likely N-dealkylation sites (tertiary alicyclic amines) is 2. The first-order valence-corrected chi connectivity index (χ1v) is 9.23. The predicted octanol–water partition coefficient (Wildman–Crippen LogP) is 1.28. The summed E-state index contributed by atoms with van der Waals surface area (Å²) in [5, 5.41) is 13.4. The molecule has 126 valence electrons. The molecular weight excluding hydrogens is 276 g/mol. The average molecular weight is 308 g/mol. The number of guanidine groups is 1. The van der Waals surface area contributed by atoms with Crippen molar-refractivity contribution in [2.75, 3.05) is 39.3 Å². The maximum absolute atomic E-state index is 9.97. The largest absolute Gasteiger partial charge is 0.393 e. The van der Waals surface area contributed by atoms with Crippen LogP contribution in [0.1, 0.15) is 45.4 Å². The zero-order chi connectivity index (χ0) is 15.4. The maximum Gasteiger partial charge on any atom is 0.193 e. The van der Waals surface area contributed by atoms with E-state index in [1.807, 2.05) is 0 Å². The fourth-order valence-electron chi connectivity index (χ4n) is 4.20. The van der Waals surface area contributed by atoms with Crippen molar-refractivity contribution >= 4 is 5.96 Å². The van der Waals surface area contributed by atoms with Gasteiger partial charge in [-0.15, -0.1) is 0 Å². The Morgan fingerprint density at radius 2 is 1.95 bits per heavy atom. The molecule has 1 saturated carbocycles. The minimum absolute atomic E-state index is 0.137. The second kappa shape index (κ2) is 7.64. The van der Waals surface area contributed by atoms with Crippen LogP contribution in [0.3, 0.4) is 0 Å². The third-order valence-corrected chi connectivity index (χ3v) is 5.55. The summed E-state index contributed by atoms with van der Waals surface area (Å²) in [7, 11) is 0. The highest BCUT2D eigenvalue weighted by Crippen LogP contribution is 2.26. The minimum atomic E-state index is -0.137. The number of aliphatic hydroxyl groups excluding tert-OH is 1. The number of aliphatic imine (C=N–C) groups is 1. The number of nitrogens with zero attached hydrogens (tertiary/aromatic N) is 3. The van der Waals surface area contributed by atoms with Crippen LogP contribution in [0.15, 0.2) is 4.99 Å². The van der Waals surface area contributed by atoms with Gasteiger partial charge in [-0.2, -0.15) is 0 Å². The molecule has 0 bridgehead atoms. The van der Waals surface area contributed by atoms with Crippen LogP contribution in [-0.2, 0) is 0 Å². The number of rotatable bonds is 4. The summed E-state index contributed by atoms with van der Waals surface area (Å²) in [6, 6.07) is 0.712. The molecule has 2 heterocycles. The van der Waals surface area contributed by atoms with Gasteiger partial charge in [0.25, 0.3) is 0 Å². The third-order valence-electron chi connectivity index (χ3n) is 5.55. The Morgan fingerprint density at radius 1 is 1.14 bits per heavy atom. The molecule has 0 spiro atoms. The average Bonchev–Trinajstić information content (AvgIpc) is 3.24. The Morgan fingerprint density at radius 3 is 2.64 bits per heavy atom. The molecule has 2 saturated heterocycles. The first-order chi connectivity index (χ1) is 10.8. The van der Waals surface area contributed by atoms with Crippen molar-refractivity contribution in [1.82, 2.24) is 15.1 Å². The van der Waals surface area contributed by atoms with Gasteiger partial charge in [0.15, 0.2) is 5.96 Å². The summed E-state index contributed by atoms with van der Waals surface area (Å²) < 4.78 is 0. The van der Waals surface area contributed by atoms with Crippen LogP contribution in [0.25, 0.3) is 0 Å². The molecule has 3 atom stereocenters. The van der Waals surface area contributed by atoms with Crippen LogP contribution in [0.5, 0.6) is 0 Å². The third kappa shape index (κ3) is 3.74. The van der Waals surface area contributed by atoms with Gasteiger partial charge in [0, 0.05) is 38.1 Å². The lowest BCUT2D eigenvalue weighted by Gasteiger charge is -2.26.